The first-order chi connectivity index (χ1) is 11.0. The molecule has 7 heteroatoms. The zero-order chi connectivity index (χ0) is 16.7. The Hall–Kier alpha value is -0.812. The first-order valence-corrected chi connectivity index (χ1v) is 16.7. The maximum atomic E-state index is 6.65. The maximum absolute atomic E-state index is 6.65. The summed E-state index contributed by atoms with van der Waals surface area (Å²) in [6.07, 6.45) is 0. The number of hydrogen-bond donors (Lipinski definition) is 0. The SMILES string of the molecule is C[SiH2]O[SiH](C)O[Si](C)(O[SiH](C)c1ccccc1)c1ccccc1. The Bertz CT molecular complexity index is 584. The van der Waals surface area contributed by atoms with Crippen LogP contribution in [0.4, 0.5) is 0 Å². The first kappa shape index (κ1) is 18.5. The Labute approximate surface area is 146 Å². The molecule has 124 valence electrons. The zero-order valence-electron chi connectivity index (χ0n) is 14.4. The molecule has 0 heterocycles. The lowest BCUT2D eigenvalue weighted by molar-refractivity contribution is 0.373. The molecule has 0 amide bonds. The molecule has 0 saturated heterocycles. The topological polar surface area (TPSA) is 27.7 Å². The van der Waals surface area contributed by atoms with Gasteiger partial charge in [-0.3, -0.25) is 0 Å². The Balaban J connectivity index is 2.23. The molecule has 0 fully saturated rings. The molecule has 2 rings (SSSR count). The molecule has 0 spiro atoms. The second-order valence-corrected chi connectivity index (χ2v) is 15.0. The van der Waals surface area contributed by atoms with Gasteiger partial charge in [0.1, 0.15) is 9.76 Å². The molecule has 3 atom stereocenters. The number of rotatable bonds is 8. The third-order valence-corrected chi connectivity index (χ3v) is 16.0. The molecular weight excluding hydrogens is 353 g/mol. The second-order valence-electron chi connectivity index (χ2n) is 5.62. The van der Waals surface area contributed by atoms with Gasteiger partial charge in [0, 0.05) is 0 Å². The van der Waals surface area contributed by atoms with Gasteiger partial charge in [-0.25, -0.2) is 0 Å². The van der Waals surface area contributed by atoms with E-state index in [1.165, 1.54) is 10.4 Å². The lowest BCUT2D eigenvalue weighted by Crippen LogP contribution is -2.58. The van der Waals surface area contributed by atoms with Crippen molar-refractivity contribution in [3.8, 4) is 0 Å². The van der Waals surface area contributed by atoms with Crippen LogP contribution in [0.25, 0.3) is 0 Å². The van der Waals surface area contributed by atoms with Crippen molar-refractivity contribution in [3.63, 3.8) is 0 Å². The zero-order valence-corrected chi connectivity index (χ0v) is 19.1. The van der Waals surface area contributed by atoms with Crippen LogP contribution >= 0.6 is 0 Å². The summed E-state index contributed by atoms with van der Waals surface area (Å²) < 4.78 is 19.0. The van der Waals surface area contributed by atoms with Crippen molar-refractivity contribution in [1.82, 2.24) is 0 Å². The van der Waals surface area contributed by atoms with Crippen molar-refractivity contribution in [3.05, 3.63) is 60.7 Å². The fraction of sp³-hybridized carbons (Fsp3) is 0.250. The molecule has 23 heavy (non-hydrogen) atoms. The van der Waals surface area contributed by atoms with Crippen molar-refractivity contribution in [1.29, 1.82) is 0 Å². The fourth-order valence-corrected chi connectivity index (χ4v) is 14.5. The molecule has 3 nitrogen and oxygen atoms in total. The van der Waals surface area contributed by atoms with Gasteiger partial charge in [-0.15, -0.1) is 0 Å². The Kier molecular flexibility index (Phi) is 7.15. The van der Waals surface area contributed by atoms with E-state index in [4.69, 9.17) is 12.3 Å². The van der Waals surface area contributed by atoms with Gasteiger partial charge in [-0.05, 0) is 30.0 Å². The van der Waals surface area contributed by atoms with Gasteiger partial charge in [0.05, 0.1) is 0 Å². The summed E-state index contributed by atoms with van der Waals surface area (Å²) in [6, 6.07) is 20.9. The van der Waals surface area contributed by atoms with E-state index in [0.717, 1.165) is 0 Å². The Morgan fingerprint density at radius 1 is 0.870 bits per heavy atom. The van der Waals surface area contributed by atoms with E-state index in [9.17, 15) is 0 Å². The molecule has 0 aromatic heterocycles. The predicted octanol–water partition coefficient (Wildman–Crippen LogP) is 1.26. The summed E-state index contributed by atoms with van der Waals surface area (Å²) in [6.45, 7) is 8.66. The highest BCUT2D eigenvalue weighted by Crippen LogP contribution is 2.12. The van der Waals surface area contributed by atoms with Crippen LogP contribution in [0.15, 0.2) is 60.7 Å². The van der Waals surface area contributed by atoms with E-state index in [0.29, 0.717) is 0 Å². The largest absolute Gasteiger partial charge is 0.444 e. The van der Waals surface area contributed by atoms with E-state index in [-0.39, 0.29) is 0 Å². The summed E-state index contributed by atoms with van der Waals surface area (Å²) in [5.74, 6) is 0. The van der Waals surface area contributed by atoms with Crippen LogP contribution in [0.2, 0.25) is 26.2 Å². The second kappa shape index (κ2) is 8.88. The lowest BCUT2D eigenvalue weighted by atomic mass is 10.4. The summed E-state index contributed by atoms with van der Waals surface area (Å²) in [5, 5.41) is 2.50. The van der Waals surface area contributed by atoms with Crippen molar-refractivity contribution >= 4 is 47.0 Å². The molecule has 0 radical (unpaired) electrons. The maximum Gasteiger partial charge on any atom is 0.350 e. The lowest BCUT2D eigenvalue weighted by Gasteiger charge is -2.33. The minimum Gasteiger partial charge on any atom is -0.444 e. The minimum atomic E-state index is -2.45. The standard InChI is InChI=1S/C16H26O3Si4/c1-20-17-22(3)19-23(4,16-13-9-6-10-14-16)18-21(2)15-11-7-5-8-12-15/h5-14,21-22H,20H2,1-4H3. The van der Waals surface area contributed by atoms with Crippen LogP contribution < -0.4 is 10.4 Å². The quantitative estimate of drug-likeness (QED) is 0.647. The van der Waals surface area contributed by atoms with E-state index >= 15 is 0 Å². The van der Waals surface area contributed by atoms with Crippen LogP contribution in [0, 0.1) is 0 Å². The van der Waals surface area contributed by atoms with Gasteiger partial charge in [-0.2, -0.15) is 0 Å². The molecule has 0 bridgehead atoms. The average molecular weight is 379 g/mol. The van der Waals surface area contributed by atoms with Crippen LogP contribution in [-0.4, -0.2) is 36.6 Å². The van der Waals surface area contributed by atoms with Crippen molar-refractivity contribution in [2.75, 3.05) is 0 Å². The Morgan fingerprint density at radius 3 is 2.00 bits per heavy atom. The van der Waals surface area contributed by atoms with Crippen LogP contribution in [0.3, 0.4) is 0 Å². The predicted molar refractivity (Wildman–Crippen MR) is 107 cm³/mol. The van der Waals surface area contributed by atoms with Crippen LogP contribution in [0.1, 0.15) is 0 Å². The summed E-state index contributed by atoms with van der Waals surface area (Å²) in [4.78, 5) is 0. The van der Waals surface area contributed by atoms with Crippen LogP contribution in [0.5, 0.6) is 0 Å². The first-order valence-electron chi connectivity index (χ1n) is 8.13. The number of benzene rings is 2. The summed E-state index contributed by atoms with van der Waals surface area (Å²) in [5.41, 5.74) is 0. The molecule has 2 aromatic rings. The minimum absolute atomic E-state index is 0.445. The third-order valence-electron chi connectivity index (χ3n) is 3.76. The van der Waals surface area contributed by atoms with E-state index in [1.54, 1.807) is 0 Å². The molecule has 0 aliphatic carbocycles. The van der Waals surface area contributed by atoms with Crippen molar-refractivity contribution in [2.45, 2.75) is 26.2 Å². The summed E-state index contributed by atoms with van der Waals surface area (Å²) >= 11 is 0. The highest BCUT2D eigenvalue weighted by molar-refractivity contribution is 6.90. The van der Waals surface area contributed by atoms with Crippen molar-refractivity contribution < 1.29 is 12.3 Å². The molecule has 3 unspecified atom stereocenters. The van der Waals surface area contributed by atoms with Gasteiger partial charge in [-0.1, -0.05) is 67.2 Å². The normalized spacial score (nSPS) is 17.0. The molecule has 0 saturated carbocycles. The van der Waals surface area contributed by atoms with E-state index in [1.807, 2.05) is 12.1 Å². The highest BCUT2D eigenvalue weighted by Gasteiger charge is 2.38. The van der Waals surface area contributed by atoms with Gasteiger partial charge in [0.15, 0.2) is 9.04 Å². The molecule has 0 N–H and O–H groups in total. The molecule has 0 aliphatic heterocycles. The summed E-state index contributed by atoms with van der Waals surface area (Å²) in [7, 11) is -6.04. The third kappa shape index (κ3) is 5.35. The average Bonchev–Trinajstić information content (AvgIpc) is 2.56. The van der Waals surface area contributed by atoms with Gasteiger partial charge in [0.25, 0.3) is 9.28 Å². The highest BCUT2D eigenvalue weighted by atomic mass is 28.5. The molecule has 0 aliphatic rings. The fourth-order valence-electron chi connectivity index (χ4n) is 2.62. The van der Waals surface area contributed by atoms with Crippen LogP contribution in [-0.2, 0) is 12.3 Å². The van der Waals surface area contributed by atoms with Gasteiger partial charge in [0.2, 0.25) is 0 Å². The molecule has 2 aromatic carbocycles. The van der Waals surface area contributed by atoms with E-state index in [2.05, 4.69) is 74.7 Å². The smallest absolute Gasteiger partial charge is 0.350 e. The Morgan fingerprint density at radius 2 is 1.43 bits per heavy atom. The monoisotopic (exact) mass is 378 g/mol. The van der Waals surface area contributed by atoms with Gasteiger partial charge < -0.3 is 12.3 Å². The van der Waals surface area contributed by atoms with E-state index < -0.39 is 36.6 Å². The van der Waals surface area contributed by atoms with Gasteiger partial charge >= 0.3 is 8.56 Å². The van der Waals surface area contributed by atoms with Crippen molar-refractivity contribution in [2.24, 2.45) is 0 Å². The number of hydrogen-bond acceptors (Lipinski definition) is 3. The molecular formula is C16H26O3Si4.